The second-order valence-electron chi connectivity index (χ2n) is 20.4. The zero-order valence-corrected chi connectivity index (χ0v) is 42.2. The number of rotatable bonds is 14. The number of nitrogens with zero attached hydrogens (tertiary/aromatic N) is 1. The van der Waals surface area contributed by atoms with Crippen molar-refractivity contribution in [2.45, 2.75) is 138 Å². The Morgan fingerprint density at radius 2 is 0.851 bits per heavy atom. The molecular formula is C37H69FeNP2Si6-6. The standard InChI is InChI=1S/C37H69NP2Si6.Fe/c1-41(2,3)34(39(30-24-19-20-25-30)36(43(7,8)9)44(10,11)12)32-28-23-29-33(38-32)35(42(4,5)6)40(31-26-21-22-27-31)37(45(13,14)15)46(16,17)18;/h19-29,34-37H,1-18H3;/q-6;. The predicted molar refractivity (Wildman–Crippen MR) is 235 cm³/mol. The van der Waals surface area contributed by atoms with E-state index in [2.05, 4.69) is 185 Å². The zero-order valence-electron chi connectivity index (χ0n) is 33.4. The van der Waals surface area contributed by atoms with E-state index in [1.165, 1.54) is 11.4 Å². The summed E-state index contributed by atoms with van der Waals surface area (Å²) in [4.78, 5) is 7.71. The van der Waals surface area contributed by atoms with Crippen LogP contribution in [0.4, 0.5) is 0 Å². The van der Waals surface area contributed by atoms with Crippen LogP contribution in [0.1, 0.15) is 22.0 Å². The molecule has 47 heavy (non-hydrogen) atoms. The third-order valence-electron chi connectivity index (χ3n) is 9.27. The van der Waals surface area contributed by atoms with Crippen molar-refractivity contribution >= 4 is 74.9 Å². The van der Waals surface area contributed by atoms with Crippen LogP contribution in [0.3, 0.4) is 0 Å². The SMILES string of the molecule is C[Si](C)(C)C(c1cccc(C(P([c-]2[cH-][cH-][cH-][cH-]2)C([Si](C)(C)C)[Si](C)(C)C)[Si](C)(C)C)n1)P([c-]1cccc1)C([Si](C)(C)C)[Si](C)(C)C.[Fe]. The Labute approximate surface area is 311 Å². The van der Waals surface area contributed by atoms with Crippen LogP contribution in [0.5, 0.6) is 0 Å². The number of pyridine rings is 1. The van der Waals surface area contributed by atoms with E-state index >= 15 is 0 Å². The van der Waals surface area contributed by atoms with Gasteiger partial charge in [0.15, 0.2) is 0 Å². The zero-order chi connectivity index (χ0) is 35.3. The third-order valence-corrected chi connectivity index (χ3v) is 53.6. The first-order valence-electron chi connectivity index (χ1n) is 17.6. The summed E-state index contributed by atoms with van der Waals surface area (Å²) in [6, 6.07) is 26.6. The van der Waals surface area contributed by atoms with Gasteiger partial charge in [0.05, 0.1) is 16.1 Å². The summed E-state index contributed by atoms with van der Waals surface area (Å²) in [6.07, 6.45) is 0. The van der Waals surface area contributed by atoms with Crippen molar-refractivity contribution in [3.8, 4) is 0 Å². The minimum atomic E-state index is -1.69. The monoisotopic (exact) mass is 813 g/mol. The molecule has 0 amide bonds. The van der Waals surface area contributed by atoms with Crippen LogP contribution in [0, 0.1) is 0 Å². The number of hydrogen-bond donors (Lipinski definition) is 0. The molecule has 1 heterocycles. The summed E-state index contributed by atoms with van der Waals surface area (Å²) in [5, 5.41) is 4.40. The molecule has 0 aliphatic rings. The average Bonchev–Trinajstić information content (AvgIpc) is 3.53. The van der Waals surface area contributed by atoms with Gasteiger partial charge in [-0.15, -0.1) is 13.2 Å². The van der Waals surface area contributed by atoms with Crippen LogP contribution >= 0.6 is 15.8 Å². The minimum Gasteiger partial charge on any atom is -0.747 e. The first-order chi connectivity index (χ1) is 20.7. The molecule has 0 N–H and O–H groups in total. The van der Waals surface area contributed by atoms with Crippen LogP contribution in [-0.4, -0.2) is 63.2 Å². The van der Waals surface area contributed by atoms with E-state index < -0.39 is 64.3 Å². The molecule has 3 rings (SSSR count). The maximum Gasteiger partial charge on any atom is 0.0583 e. The Bertz CT molecular complexity index is 1250. The largest absolute Gasteiger partial charge is 0.747 e. The van der Waals surface area contributed by atoms with Crippen LogP contribution in [0.2, 0.25) is 118 Å². The van der Waals surface area contributed by atoms with E-state index in [0.29, 0.717) is 10.6 Å². The molecular weight excluding hydrogens is 745 g/mol. The summed E-state index contributed by atoms with van der Waals surface area (Å²) < 4.78 is 0. The second-order valence-corrected chi connectivity index (χ2v) is 61.0. The van der Waals surface area contributed by atoms with Crippen molar-refractivity contribution in [2.75, 3.05) is 0 Å². The normalized spacial score (nSPS) is 16.6. The molecule has 0 aliphatic carbocycles. The van der Waals surface area contributed by atoms with Gasteiger partial charge in [0.1, 0.15) is 0 Å². The van der Waals surface area contributed by atoms with Crippen molar-refractivity contribution in [3.63, 3.8) is 0 Å². The van der Waals surface area contributed by atoms with Crippen molar-refractivity contribution < 1.29 is 17.1 Å². The average molecular weight is 814 g/mol. The van der Waals surface area contributed by atoms with Gasteiger partial charge in [-0.3, -0.25) is 4.98 Å². The molecule has 3 aromatic rings. The Morgan fingerprint density at radius 1 is 0.511 bits per heavy atom. The van der Waals surface area contributed by atoms with Gasteiger partial charge in [0.25, 0.3) is 0 Å². The molecule has 1 nitrogen and oxygen atoms in total. The fourth-order valence-electron chi connectivity index (χ4n) is 9.01. The summed E-state index contributed by atoms with van der Waals surface area (Å²) in [5.41, 5.74) is 2.87. The quantitative estimate of drug-likeness (QED) is 0.0897. The van der Waals surface area contributed by atoms with E-state index in [9.17, 15) is 0 Å². The van der Waals surface area contributed by atoms with Crippen LogP contribution in [-0.2, 0) is 17.1 Å². The van der Waals surface area contributed by atoms with E-state index in [4.69, 9.17) is 4.98 Å². The maximum absolute atomic E-state index is 6.02. The molecule has 10 heteroatoms. The molecule has 0 saturated carbocycles. The Morgan fingerprint density at radius 3 is 1.19 bits per heavy atom. The van der Waals surface area contributed by atoms with Gasteiger partial charge in [-0.05, 0) is 22.3 Å². The molecule has 0 spiro atoms. The summed E-state index contributed by atoms with van der Waals surface area (Å²) in [6.45, 7) is 47.9. The third kappa shape index (κ3) is 10.8. The molecule has 4 atom stereocenters. The van der Waals surface area contributed by atoms with Crippen LogP contribution in [0.15, 0.2) is 66.7 Å². The molecule has 0 saturated heterocycles. The Hall–Kier alpha value is 0.531. The number of aromatic nitrogens is 1. The van der Waals surface area contributed by atoms with Gasteiger partial charge in [-0.25, -0.2) is 12.1 Å². The van der Waals surface area contributed by atoms with Crippen molar-refractivity contribution in [2.24, 2.45) is 0 Å². The molecule has 270 valence electrons. The predicted octanol–water partition coefficient (Wildman–Crippen LogP) is 12.2. The fraction of sp³-hybridized carbons (Fsp3) is 0.595. The van der Waals surface area contributed by atoms with Crippen LogP contribution < -0.4 is 10.6 Å². The first kappa shape index (κ1) is 43.7. The van der Waals surface area contributed by atoms with Crippen molar-refractivity contribution in [3.05, 3.63) is 78.1 Å². The summed E-state index contributed by atoms with van der Waals surface area (Å²) in [5.74, 6) is 0. The molecule has 0 fully saturated rings. The summed E-state index contributed by atoms with van der Waals surface area (Å²) >= 11 is 0. The number of hydrogen-bond acceptors (Lipinski definition) is 1. The van der Waals surface area contributed by atoms with Crippen molar-refractivity contribution in [1.29, 1.82) is 0 Å². The maximum atomic E-state index is 6.02. The molecule has 1 aromatic heterocycles. The smallest absolute Gasteiger partial charge is 0.0583 e. The minimum absolute atomic E-state index is 0. The van der Waals surface area contributed by atoms with Gasteiger partial charge in [0, 0.05) is 66.0 Å². The molecule has 0 bridgehead atoms. The van der Waals surface area contributed by atoms with Crippen LogP contribution in [0.25, 0.3) is 0 Å². The summed E-state index contributed by atoms with van der Waals surface area (Å²) in [7, 11) is -10.1. The molecule has 0 aliphatic heterocycles. The van der Waals surface area contributed by atoms with Gasteiger partial charge in [-0.1, -0.05) is 129 Å². The van der Waals surface area contributed by atoms with Gasteiger partial charge < -0.3 is 37.5 Å². The molecule has 2 aromatic carbocycles. The van der Waals surface area contributed by atoms with E-state index in [0.717, 1.165) is 9.81 Å². The molecule has 0 radical (unpaired) electrons. The van der Waals surface area contributed by atoms with Gasteiger partial charge in [-0.2, -0.15) is 12.1 Å². The van der Waals surface area contributed by atoms with E-state index in [1.807, 2.05) is 0 Å². The van der Waals surface area contributed by atoms with Crippen molar-refractivity contribution in [1.82, 2.24) is 4.98 Å². The topological polar surface area (TPSA) is 12.9 Å². The van der Waals surface area contributed by atoms with Gasteiger partial charge >= 0.3 is 0 Å². The van der Waals surface area contributed by atoms with E-state index in [1.54, 1.807) is 10.6 Å². The molecule has 4 unspecified atom stereocenters. The Balaban J connectivity index is 0.00000768. The second kappa shape index (κ2) is 15.6. The fourth-order valence-corrected chi connectivity index (χ4v) is 62.8. The first-order valence-corrected chi connectivity index (χ1v) is 42.1. The van der Waals surface area contributed by atoms with E-state index in [-0.39, 0.29) is 17.1 Å². The van der Waals surface area contributed by atoms with Gasteiger partial charge in [0.2, 0.25) is 0 Å². The Kier molecular flexibility index (Phi) is 14.5.